The summed E-state index contributed by atoms with van der Waals surface area (Å²) in [5, 5.41) is 3.25. The molecule has 0 aromatic heterocycles. The van der Waals surface area contributed by atoms with Gasteiger partial charge in [-0.2, -0.15) is 0 Å². The Morgan fingerprint density at radius 1 is 1.41 bits per heavy atom. The summed E-state index contributed by atoms with van der Waals surface area (Å²) in [5.41, 5.74) is 1.41. The summed E-state index contributed by atoms with van der Waals surface area (Å²) in [6.07, 6.45) is 3.74. The zero-order valence-corrected chi connectivity index (χ0v) is 10.9. The molecule has 1 aliphatic heterocycles. The van der Waals surface area contributed by atoms with Crippen molar-refractivity contribution in [2.24, 2.45) is 5.92 Å². The molecule has 2 rings (SSSR count). The fourth-order valence-electron chi connectivity index (χ4n) is 2.65. The van der Waals surface area contributed by atoms with Gasteiger partial charge in [0, 0.05) is 0 Å². The van der Waals surface area contributed by atoms with Crippen LogP contribution in [-0.4, -0.2) is 20.2 Å². The molecule has 0 spiro atoms. The number of benzene rings is 1. The molecule has 0 saturated carbocycles. The van der Waals surface area contributed by atoms with Crippen LogP contribution in [0.5, 0.6) is 5.75 Å². The summed E-state index contributed by atoms with van der Waals surface area (Å²) in [4.78, 5) is 0. The lowest BCUT2D eigenvalue weighted by atomic mass is 9.87. The summed E-state index contributed by atoms with van der Waals surface area (Å²) in [5.74, 6) is 2.55. The number of hydrogen-bond donors (Lipinski definition) is 1. The van der Waals surface area contributed by atoms with Crippen LogP contribution < -0.4 is 10.1 Å². The Kier molecular flexibility index (Phi) is 4.43. The van der Waals surface area contributed by atoms with E-state index in [-0.39, 0.29) is 0 Å². The van der Waals surface area contributed by atoms with Crippen LogP contribution in [-0.2, 0) is 0 Å². The molecule has 2 heteroatoms. The summed E-state index contributed by atoms with van der Waals surface area (Å²) in [6, 6.07) is 8.50. The molecule has 1 aromatic carbocycles. The normalized spacial score (nSPS) is 20.5. The first-order chi connectivity index (χ1) is 8.31. The number of nitrogens with one attached hydrogen (secondary N) is 1. The van der Waals surface area contributed by atoms with Gasteiger partial charge >= 0.3 is 0 Å². The Labute approximate surface area is 104 Å². The van der Waals surface area contributed by atoms with Crippen LogP contribution in [0.3, 0.4) is 0 Å². The van der Waals surface area contributed by atoms with Crippen molar-refractivity contribution in [1.29, 1.82) is 0 Å². The Morgan fingerprint density at radius 3 is 3.06 bits per heavy atom. The molecule has 1 aliphatic rings. The van der Waals surface area contributed by atoms with Gasteiger partial charge in [0.25, 0.3) is 0 Å². The van der Waals surface area contributed by atoms with Gasteiger partial charge in [0.1, 0.15) is 5.75 Å². The van der Waals surface area contributed by atoms with E-state index in [4.69, 9.17) is 4.74 Å². The Hall–Kier alpha value is -1.02. The number of para-hydroxylation sites is 1. The Bertz CT molecular complexity index is 351. The summed E-state index contributed by atoms with van der Waals surface area (Å²) in [6.45, 7) is 4.31. The predicted molar refractivity (Wildman–Crippen MR) is 71.6 cm³/mol. The molecule has 2 atom stereocenters. The molecule has 0 radical (unpaired) electrons. The quantitative estimate of drug-likeness (QED) is 0.843. The van der Waals surface area contributed by atoms with Crippen LogP contribution in [0.15, 0.2) is 24.3 Å². The first kappa shape index (κ1) is 12.4. The molecule has 94 valence electrons. The van der Waals surface area contributed by atoms with E-state index in [1.54, 1.807) is 0 Å². The second-order valence-electron chi connectivity index (χ2n) is 5.11. The predicted octanol–water partition coefficient (Wildman–Crippen LogP) is 3.19. The van der Waals surface area contributed by atoms with Crippen molar-refractivity contribution in [3.8, 4) is 5.75 Å². The van der Waals surface area contributed by atoms with Gasteiger partial charge in [-0.05, 0) is 56.3 Å². The van der Waals surface area contributed by atoms with E-state index in [0.29, 0.717) is 5.92 Å². The van der Waals surface area contributed by atoms with Gasteiger partial charge in [0.2, 0.25) is 0 Å². The fraction of sp³-hybridized carbons (Fsp3) is 0.600. The van der Waals surface area contributed by atoms with Crippen LogP contribution in [0, 0.1) is 5.92 Å². The van der Waals surface area contributed by atoms with Crippen molar-refractivity contribution in [2.75, 3.05) is 20.2 Å². The molecule has 0 amide bonds. The number of ether oxygens (including phenoxy) is 1. The second kappa shape index (κ2) is 6.06. The van der Waals surface area contributed by atoms with Gasteiger partial charge in [0.05, 0.1) is 6.61 Å². The molecular weight excluding hydrogens is 210 g/mol. The molecule has 0 aliphatic carbocycles. The zero-order chi connectivity index (χ0) is 12.1. The van der Waals surface area contributed by atoms with E-state index in [1.807, 2.05) is 7.05 Å². The van der Waals surface area contributed by atoms with Crippen molar-refractivity contribution < 1.29 is 4.74 Å². The molecule has 2 nitrogen and oxygen atoms in total. The minimum absolute atomic E-state index is 0.694. The zero-order valence-electron chi connectivity index (χ0n) is 10.9. The smallest absolute Gasteiger partial charge is 0.122 e. The molecule has 1 aromatic rings. The topological polar surface area (TPSA) is 21.3 Å². The maximum Gasteiger partial charge on any atom is 0.122 e. The average Bonchev–Trinajstić information content (AvgIpc) is 2.36. The minimum atomic E-state index is 0.694. The maximum atomic E-state index is 5.70. The monoisotopic (exact) mass is 233 g/mol. The SMILES string of the molecule is CNCC(C)CCC1CCOc2ccccc21. The van der Waals surface area contributed by atoms with Crippen molar-refractivity contribution in [1.82, 2.24) is 5.32 Å². The first-order valence-electron chi connectivity index (χ1n) is 6.67. The third-order valence-electron chi connectivity index (χ3n) is 3.64. The van der Waals surface area contributed by atoms with E-state index in [9.17, 15) is 0 Å². The van der Waals surface area contributed by atoms with E-state index < -0.39 is 0 Å². The van der Waals surface area contributed by atoms with Crippen LogP contribution in [0.1, 0.15) is 37.7 Å². The van der Waals surface area contributed by atoms with Gasteiger partial charge in [-0.15, -0.1) is 0 Å². The van der Waals surface area contributed by atoms with E-state index in [0.717, 1.165) is 24.8 Å². The lowest BCUT2D eigenvalue weighted by Gasteiger charge is -2.26. The standard InChI is InChI=1S/C15H23NO/c1-12(11-16-2)7-8-13-9-10-17-15-6-4-3-5-14(13)15/h3-6,12-13,16H,7-11H2,1-2H3. The van der Waals surface area contributed by atoms with Crippen LogP contribution in [0.2, 0.25) is 0 Å². The number of hydrogen-bond acceptors (Lipinski definition) is 2. The van der Waals surface area contributed by atoms with Gasteiger partial charge in [-0.3, -0.25) is 0 Å². The van der Waals surface area contributed by atoms with Gasteiger partial charge in [-0.1, -0.05) is 25.1 Å². The highest BCUT2D eigenvalue weighted by molar-refractivity contribution is 5.37. The summed E-state index contributed by atoms with van der Waals surface area (Å²) >= 11 is 0. The molecule has 0 saturated heterocycles. The van der Waals surface area contributed by atoms with Crippen LogP contribution >= 0.6 is 0 Å². The van der Waals surface area contributed by atoms with Crippen molar-refractivity contribution in [2.45, 2.75) is 32.1 Å². The van der Waals surface area contributed by atoms with E-state index >= 15 is 0 Å². The molecule has 2 unspecified atom stereocenters. The van der Waals surface area contributed by atoms with Gasteiger partial charge in [0.15, 0.2) is 0 Å². The van der Waals surface area contributed by atoms with E-state index in [1.165, 1.54) is 24.8 Å². The molecule has 17 heavy (non-hydrogen) atoms. The molecule has 1 heterocycles. The largest absolute Gasteiger partial charge is 0.493 e. The lowest BCUT2D eigenvalue weighted by molar-refractivity contribution is 0.258. The minimum Gasteiger partial charge on any atom is -0.493 e. The highest BCUT2D eigenvalue weighted by atomic mass is 16.5. The number of fused-ring (bicyclic) bond motifs is 1. The lowest BCUT2D eigenvalue weighted by Crippen LogP contribution is -2.18. The number of rotatable bonds is 5. The first-order valence-corrected chi connectivity index (χ1v) is 6.67. The third-order valence-corrected chi connectivity index (χ3v) is 3.64. The second-order valence-corrected chi connectivity index (χ2v) is 5.11. The molecule has 1 N–H and O–H groups in total. The van der Waals surface area contributed by atoms with Crippen LogP contribution in [0.25, 0.3) is 0 Å². The summed E-state index contributed by atoms with van der Waals surface area (Å²) in [7, 11) is 2.03. The molecule has 0 bridgehead atoms. The van der Waals surface area contributed by atoms with Crippen molar-refractivity contribution in [3.63, 3.8) is 0 Å². The summed E-state index contributed by atoms with van der Waals surface area (Å²) < 4.78 is 5.70. The maximum absolute atomic E-state index is 5.70. The van der Waals surface area contributed by atoms with E-state index in [2.05, 4.69) is 36.5 Å². The highest BCUT2D eigenvalue weighted by Crippen LogP contribution is 2.36. The van der Waals surface area contributed by atoms with Crippen molar-refractivity contribution >= 4 is 0 Å². The molecular formula is C15H23NO. The van der Waals surface area contributed by atoms with Gasteiger partial charge in [-0.25, -0.2) is 0 Å². The fourth-order valence-corrected chi connectivity index (χ4v) is 2.65. The highest BCUT2D eigenvalue weighted by Gasteiger charge is 2.21. The average molecular weight is 233 g/mol. The Morgan fingerprint density at radius 2 is 2.24 bits per heavy atom. The van der Waals surface area contributed by atoms with Gasteiger partial charge < -0.3 is 10.1 Å². The Balaban J connectivity index is 1.94. The molecule has 0 fully saturated rings. The van der Waals surface area contributed by atoms with Crippen molar-refractivity contribution in [3.05, 3.63) is 29.8 Å². The third kappa shape index (κ3) is 3.22. The van der Waals surface area contributed by atoms with Crippen LogP contribution in [0.4, 0.5) is 0 Å².